The maximum atomic E-state index is 13.7. The van der Waals surface area contributed by atoms with Crippen molar-refractivity contribution in [3.05, 3.63) is 70.3 Å². The number of hydrogen-bond donors (Lipinski definition) is 1. The van der Waals surface area contributed by atoms with Gasteiger partial charge >= 0.3 is 5.97 Å². The molecule has 2 aromatic carbocycles. The van der Waals surface area contributed by atoms with Gasteiger partial charge in [-0.3, -0.25) is 4.79 Å². The summed E-state index contributed by atoms with van der Waals surface area (Å²) in [4.78, 5) is 27.0. The Balaban J connectivity index is 1.65. The maximum Gasteiger partial charge on any atom is 0.335 e. The number of carboxylic acid groups (broad SMARTS) is 1. The molecule has 28 heavy (non-hydrogen) atoms. The van der Waals surface area contributed by atoms with Crippen LogP contribution in [-0.4, -0.2) is 41.6 Å². The number of nitrogens with zero attached hydrogens (tertiary/aromatic N) is 1. The maximum absolute atomic E-state index is 13.7. The lowest BCUT2D eigenvalue weighted by Gasteiger charge is -2.41. The lowest BCUT2D eigenvalue weighted by molar-refractivity contribution is -0.142. The first-order valence-electron chi connectivity index (χ1n) is 9.79. The Morgan fingerprint density at radius 2 is 1.75 bits per heavy atom. The zero-order chi connectivity index (χ0) is 19.7. The van der Waals surface area contributed by atoms with E-state index in [4.69, 9.17) is 4.74 Å². The van der Waals surface area contributed by atoms with E-state index in [1.807, 2.05) is 17.9 Å². The molecule has 1 N–H and O–H groups in total. The van der Waals surface area contributed by atoms with Gasteiger partial charge in [-0.15, -0.1) is 0 Å². The lowest BCUT2D eigenvalue weighted by atomic mass is 9.72. The minimum Gasteiger partial charge on any atom is -0.478 e. The van der Waals surface area contributed by atoms with Crippen molar-refractivity contribution < 1.29 is 19.4 Å². The summed E-state index contributed by atoms with van der Waals surface area (Å²) in [7, 11) is 0. The average Bonchev–Trinajstić information content (AvgIpc) is 2.73. The summed E-state index contributed by atoms with van der Waals surface area (Å²) in [5.41, 5.74) is 4.00. The molecule has 0 saturated carbocycles. The van der Waals surface area contributed by atoms with Gasteiger partial charge in [-0.1, -0.05) is 35.9 Å². The van der Waals surface area contributed by atoms with E-state index in [1.54, 1.807) is 12.1 Å². The molecule has 0 unspecified atom stereocenters. The van der Waals surface area contributed by atoms with Gasteiger partial charge < -0.3 is 14.7 Å². The van der Waals surface area contributed by atoms with E-state index in [0.29, 0.717) is 39.1 Å². The zero-order valence-electron chi connectivity index (χ0n) is 16.1. The molecule has 0 aromatic heterocycles. The van der Waals surface area contributed by atoms with Crippen LogP contribution in [0.15, 0.2) is 42.5 Å². The highest BCUT2D eigenvalue weighted by Crippen LogP contribution is 2.38. The van der Waals surface area contributed by atoms with Crippen LogP contribution in [0.5, 0.6) is 0 Å². The van der Waals surface area contributed by atoms with Crippen LogP contribution in [0, 0.1) is 6.92 Å². The molecule has 1 saturated heterocycles. The number of carboxylic acids is 1. The Kier molecular flexibility index (Phi) is 4.94. The van der Waals surface area contributed by atoms with Crippen LogP contribution in [0.25, 0.3) is 0 Å². The topological polar surface area (TPSA) is 66.8 Å². The van der Waals surface area contributed by atoms with Crippen molar-refractivity contribution in [3.8, 4) is 0 Å². The van der Waals surface area contributed by atoms with Crippen molar-refractivity contribution in [1.82, 2.24) is 4.90 Å². The Bertz CT molecular complexity index is 897. The number of aryl methyl sites for hydroxylation is 1. The van der Waals surface area contributed by atoms with E-state index in [-0.39, 0.29) is 11.5 Å². The predicted molar refractivity (Wildman–Crippen MR) is 105 cm³/mol. The van der Waals surface area contributed by atoms with Crippen LogP contribution in [-0.2, 0) is 27.9 Å². The van der Waals surface area contributed by atoms with Crippen molar-refractivity contribution >= 4 is 11.9 Å². The second kappa shape index (κ2) is 7.40. The first-order chi connectivity index (χ1) is 13.5. The van der Waals surface area contributed by atoms with Gasteiger partial charge in [-0.05, 0) is 55.0 Å². The second-order valence-electron chi connectivity index (χ2n) is 7.83. The monoisotopic (exact) mass is 379 g/mol. The van der Waals surface area contributed by atoms with Crippen molar-refractivity contribution in [3.63, 3.8) is 0 Å². The van der Waals surface area contributed by atoms with Crippen LogP contribution in [0.3, 0.4) is 0 Å². The number of carbonyl (C=O) groups excluding carboxylic acids is 1. The zero-order valence-corrected chi connectivity index (χ0v) is 16.1. The fourth-order valence-electron chi connectivity index (χ4n) is 4.38. The summed E-state index contributed by atoms with van der Waals surface area (Å²) in [5.74, 6) is -0.808. The molecule has 2 heterocycles. The van der Waals surface area contributed by atoms with Gasteiger partial charge in [0.25, 0.3) is 0 Å². The van der Waals surface area contributed by atoms with Crippen LogP contribution in [0.1, 0.15) is 45.5 Å². The standard InChI is InChI=1S/C23H25NO4/c1-16-2-6-20(7-3-16)23(9-12-28-13-10-23)22(27)24-11-8-17-4-5-18(21(25)26)14-19(17)15-24/h2-7,14H,8-13,15H2,1H3,(H,25,26). The van der Waals surface area contributed by atoms with E-state index in [9.17, 15) is 14.7 Å². The molecule has 2 aromatic rings. The molecule has 0 radical (unpaired) electrons. The van der Waals surface area contributed by atoms with Crippen LogP contribution in [0.4, 0.5) is 0 Å². The molecule has 2 aliphatic heterocycles. The van der Waals surface area contributed by atoms with Crippen LogP contribution in [0.2, 0.25) is 0 Å². The van der Waals surface area contributed by atoms with Crippen molar-refractivity contribution in [1.29, 1.82) is 0 Å². The molecule has 1 amide bonds. The van der Waals surface area contributed by atoms with E-state index in [0.717, 1.165) is 23.1 Å². The molecule has 0 spiro atoms. The largest absolute Gasteiger partial charge is 0.478 e. The van der Waals surface area contributed by atoms with Gasteiger partial charge in [-0.25, -0.2) is 4.79 Å². The molecule has 5 nitrogen and oxygen atoms in total. The molecule has 4 rings (SSSR count). The second-order valence-corrected chi connectivity index (χ2v) is 7.83. The minimum atomic E-state index is -0.938. The van der Waals surface area contributed by atoms with Crippen molar-refractivity contribution in [2.24, 2.45) is 0 Å². The summed E-state index contributed by atoms with van der Waals surface area (Å²) >= 11 is 0. The quantitative estimate of drug-likeness (QED) is 0.888. The number of amides is 1. The third-order valence-electron chi connectivity index (χ3n) is 6.11. The molecule has 2 aliphatic rings. The Labute approximate surface area is 164 Å². The first kappa shape index (κ1) is 18.7. The fourth-order valence-corrected chi connectivity index (χ4v) is 4.38. The van der Waals surface area contributed by atoms with Crippen molar-refractivity contribution in [2.45, 2.75) is 38.1 Å². The molecular formula is C23H25NO4. The fraction of sp³-hybridized carbons (Fsp3) is 0.391. The van der Waals surface area contributed by atoms with E-state index < -0.39 is 11.4 Å². The van der Waals surface area contributed by atoms with E-state index in [1.165, 1.54) is 5.56 Å². The number of hydrogen-bond acceptors (Lipinski definition) is 3. The van der Waals surface area contributed by atoms with Crippen LogP contribution >= 0.6 is 0 Å². The van der Waals surface area contributed by atoms with Gasteiger partial charge in [-0.2, -0.15) is 0 Å². The van der Waals surface area contributed by atoms with Gasteiger partial charge in [0, 0.05) is 26.3 Å². The van der Waals surface area contributed by atoms with Gasteiger partial charge in [0.2, 0.25) is 5.91 Å². The highest BCUT2D eigenvalue weighted by Gasteiger charge is 2.44. The number of fused-ring (bicyclic) bond motifs is 1. The molecular weight excluding hydrogens is 354 g/mol. The highest BCUT2D eigenvalue weighted by molar-refractivity contribution is 5.89. The number of ether oxygens (including phenoxy) is 1. The first-order valence-corrected chi connectivity index (χ1v) is 9.79. The minimum absolute atomic E-state index is 0.131. The van der Waals surface area contributed by atoms with Gasteiger partial charge in [0.1, 0.15) is 0 Å². The molecule has 0 aliphatic carbocycles. The number of rotatable bonds is 3. The summed E-state index contributed by atoms with van der Waals surface area (Å²) < 4.78 is 5.57. The summed E-state index contributed by atoms with van der Waals surface area (Å²) in [5, 5.41) is 9.28. The van der Waals surface area contributed by atoms with Crippen molar-refractivity contribution in [2.75, 3.05) is 19.8 Å². The van der Waals surface area contributed by atoms with Gasteiger partial charge in [0.05, 0.1) is 11.0 Å². The summed E-state index contributed by atoms with van der Waals surface area (Å²) in [6.07, 6.45) is 2.10. The Morgan fingerprint density at radius 1 is 1.04 bits per heavy atom. The lowest BCUT2D eigenvalue weighted by Crippen LogP contribution is -2.51. The average molecular weight is 379 g/mol. The SMILES string of the molecule is Cc1ccc(C2(C(=O)N3CCc4ccc(C(=O)O)cc4C3)CCOCC2)cc1. The molecule has 5 heteroatoms. The predicted octanol–water partition coefficient (Wildman–Crippen LogP) is 3.33. The molecule has 0 atom stereocenters. The summed E-state index contributed by atoms with van der Waals surface area (Å²) in [6, 6.07) is 13.5. The Hall–Kier alpha value is -2.66. The van der Waals surface area contributed by atoms with Crippen LogP contribution < -0.4 is 0 Å². The van der Waals surface area contributed by atoms with Gasteiger partial charge in [0.15, 0.2) is 0 Å². The van der Waals surface area contributed by atoms with E-state index >= 15 is 0 Å². The normalized spacial score (nSPS) is 18.4. The molecule has 146 valence electrons. The molecule has 1 fully saturated rings. The smallest absolute Gasteiger partial charge is 0.335 e. The van der Waals surface area contributed by atoms with E-state index in [2.05, 4.69) is 24.3 Å². The third kappa shape index (κ3) is 3.31. The number of aromatic carboxylic acids is 1. The highest BCUT2D eigenvalue weighted by atomic mass is 16.5. The number of benzene rings is 2. The molecule has 0 bridgehead atoms. The third-order valence-corrected chi connectivity index (χ3v) is 6.11. The Morgan fingerprint density at radius 3 is 2.43 bits per heavy atom. The summed E-state index contributed by atoms with van der Waals surface area (Å²) in [6.45, 7) is 4.32. The number of carbonyl (C=O) groups is 2.